The van der Waals surface area contributed by atoms with Crippen LogP contribution >= 0.6 is 0 Å². The van der Waals surface area contributed by atoms with Crippen molar-refractivity contribution in [3.8, 4) is 5.75 Å². The second-order valence-electron chi connectivity index (χ2n) is 4.44. The van der Waals surface area contributed by atoms with Crippen molar-refractivity contribution < 1.29 is 9.13 Å². The second kappa shape index (κ2) is 10.1. The van der Waals surface area contributed by atoms with Crippen LogP contribution < -0.4 is 15.4 Å². The molecule has 0 heterocycles. The van der Waals surface area contributed by atoms with Gasteiger partial charge in [0, 0.05) is 20.1 Å². The van der Waals surface area contributed by atoms with Gasteiger partial charge in [0.05, 0.1) is 6.61 Å². The monoisotopic (exact) mass is 281 g/mol. The average Bonchev–Trinajstić information content (AvgIpc) is 2.47. The number of unbranched alkanes of at least 4 members (excludes halogenated alkanes) is 1. The highest BCUT2D eigenvalue weighted by Crippen LogP contribution is 2.10. The van der Waals surface area contributed by atoms with Crippen molar-refractivity contribution in [2.24, 2.45) is 4.99 Å². The van der Waals surface area contributed by atoms with Crippen LogP contribution in [0, 0.1) is 5.82 Å². The van der Waals surface area contributed by atoms with E-state index in [0.717, 1.165) is 38.3 Å². The second-order valence-corrected chi connectivity index (χ2v) is 4.44. The van der Waals surface area contributed by atoms with Gasteiger partial charge in [-0.1, -0.05) is 13.3 Å². The minimum atomic E-state index is -0.249. The van der Waals surface area contributed by atoms with Crippen molar-refractivity contribution in [1.82, 2.24) is 10.6 Å². The highest BCUT2D eigenvalue weighted by Gasteiger charge is 1.97. The van der Waals surface area contributed by atoms with E-state index in [1.54, 1.807) is 19.2 Å². The number of benzene rings is 1. The van der Waals surface area contributed by atoms with Crippen LogP contribution in [0.5, 0.6) is 5.75 Å². The smallest absolute Gasteiger partial charge is 0.190 e. The van der Waals surface area contributed by atoms with Crippen molar-refractivity contribution in [2.45, 2.75) is 26.2 Å². The van der Waals surface area contributed by atoms with Gasteiger partial charge in [0.2, 0.25) is 0 Å². The molecule has 0 spiro atoms. The highest BCUT2D eigenvalue weighted by molar-refractivity contribution is 5.79. The van der Waals surface area contributed by atoms with E-state index in [1.165, 1.54) is 12.1 Å². The Bertz CT molecular complexity index is 393. The largest absolute Gasteiger partial charge is 0.494 e. The van der Waals surface area contributed by atoms with Crippen molar-refractivity contribution in [3.63, 3.8) is 0 Å². The summed E-state index contributed by atoms with van der Waals surface area (Å²) in [5.41, 5.74) is 0. The number of ether oxygens (including phenoxy) is 1. The van der Waals surface area contributed by atoms with Crippen molar-refractivity contribution >= 4 is 5.96 Å². The fourth-order valence-corrected chi connectivity index (χ4v) is 1.60. The predicted molar refractivity (Wildman–Crippen MR) is 80.8 cm³/mol. The molecule has 0 radical (unpaired) electrons. The Labute approximate surface area is 120 Å². The number of nitrogens with one attached hydrogen (secondary N) is 2. The van der Waals surface area contributed by atoms with Crippen LogP contribution in [0.4, 0.5) is 4.39 Å². The van der Waals surface area contributed by atoms with E-state index in [1.807, 2.05) is 0 Å². The van der Waals surface area contributed by atoms with E-state index in [4.69, 9.17) is 4.74 Å². The van der Waals surface area contributed by atoms with Gasteiger partial charge in [0.1, 0.15) is 11.6 Å². The molecule has 2 N–H and O–H groups in total. The summed E-state index contributed by atoms with van der Waals surface area (Å²) in [5, 5.41) is 6.46. The van der Waals surface area contributed by atoms with Gasteiger partial charge >= 0.3 is 0 Å². The molecule has 0 amide bonds. The minimum absolute atomic E-state index is 0.249. The summed E-state index contributed by atoms with van der Waals surface area (Å²) in [6, 6.07) is 6.06. The Hall–Kier alpha value is -1.78. The van der Waals surface area contributed by atoms with Gasteiger partial charge in [-0.05, 0) is 37.1 Å². The SMILES string of the molecule is CCCCNC(=NC)NCCCOc1ccc(F)cc1. The first kappa shape index (κ1) is 16.3. The number of nitrogens with zero attached hydrogens (tertiary/aromatic N) is 1. The standard InChI is InChI=1S/C15H24FN3O/c1-3-4-10-18-15(17-2)19-11-5-12-20-14-8-6-13(16)7-9-14/h6-9H,3-5,10-12H2,1-2H3,(H2,17,18,19). The lowest BCUT2D eigenvalue weighted by molar-refractivity contribution is 0.310. The van der Waals surface area contributed by atoms with Crippen LogP contribution in [0.25, 0.3) is 0 Å². The summed E-state index contributed by atoms with van der Waals surface area (Å²) >= 11 is 0. The van der Waals surface area contributed by atoms with Gasteiger partial charge in [-0.15, -0.1) is 0 Å². The van der Waals surface area contributed by atoms with E-state index in [-0.39, 0.29) is 5.82 Å². The molecule has 1 rings (SSSR count). The van der Waals surface area contributed by atoms with Gasteiger partial charge in [0.15, 0.2) is 5.96 Å². The molecule has 0 saturated carbocycles. The molecule has 0 unspecified atom stereocenters. The normalized spacial score (nSPS) is 11.2. The van der Waals surface area contributed by atoms with Gasteiger partial charge in [0.25, 0.3) is 0 Å². The van der Waals surface area contributed by atoms with E-state index in [0.29, 0.717) is 12.4 Å². The molecule has 0 aliphatic rings. The minimum Gasteiger partial charge on any atom is -0.494 e. The quantitative estimate of drug-likeness (QED) is 0.437. The van der Waals surface area contributed by atoms with Crippen LogP contribution in [0.1, 0.15) is 26.2 Å². The van der Waals surface area contributed by atoms with E-state index in [2.05, 4.69) is 22.5 Å². The molecular weight excluding hydrogens is 257 g/mol. The Balaban J connectivity index is 2.10. The maximum atomic E-state index is 12.7. The Morgan fingerprint density at radius 1 is 1.15 bits per heavy atom. The van der Waals surface area contributed by atoms with E-state index >= 15 is 0 Å². The zero-order valence-electron chi connectivity index (χ0n) is 12.3. The molecule has 0 saturated heterocycles. The van der Waals surface area contributed by atoms with Crippen molar-refractivity contribution in [2.75, 3.05) is 26.7 Å². The molecule has 0 aliphatic carbocycles. The molecule has 0 aliphatic heterocycles. The molecule has 5 heteroatoms. The van der Waals surface area contributed by atoms with E-state index < -0.39 is 0 Å². The summed E-state index contributed by atoms with van der Waals surface area (Å²) in [6.07, 6.45) is 3.15. The predicted octanol–water partition coefficient (Wildman–Crippen LogP) is 2.56. The highest BCUT2D eigenvalue weighted by atomic mass is 19.1. The van der Waals surface area contributed by atoms with Gasteiger partial charge in [-0.25, -0.2) is 4.39 Å². The zero-order chi connectivity index (χ0) is 14.6. The maximum absolute atomic E-state index is 12.7. The van der Waals surface area contributed by atoms with Crippen LogP contribution in [-0.2, 0) is 0 Å². The molecular formula is C15H24FN3O. The summed E-state index contributed by atoms with van der Waals surface area (Å²) in [5.74, 6) is 1.26. The molecule has 20 heavy (non-hydrogen) atoms. The van der Waals surface area contributed by atoms with Crippen LogP contribution in [0.3, 0.4) is 0 Å². The van der Waals surface area contributed by atoms with Crippen molar-refractivity contribution in [3.05, 3.63) is 30.1 Å². The third-order valence-corrected chi connectivity index (χ3v) is 2.74. The Morgan fingerprint density at radius 2 is 1.80 bits per heavy atom. The molecule has 112 valence electrons. The third-order valence-electron chi connectivity index (χ3n) is 2.74. The first-order chi connectivity index (χ1) is 9.76. The number of aliphatic imine (C=N–C) groups is 1. The summed E-state index contributed by atoms with van der Waals surface area (Å²) < 4.78 is 18.2. The Kier molecular flexibility index (Phi) is 8.19. The van der Waals surface area contributed by atoms with Crippen LogP contribution in [0.15, 0.2) is 29.3 Å². The van der Waals surface area contributed by atoms with Gasteiger partial charge in [-0.3, -0.25) is 4.99 Å². The molecule has 0 bridgehead atoms. The summed E-state index contributed by atoms with van der Waals surface area (Å²) in [7, 11) is 1.76. The van der Waals surface area contributed by atoms with Crippen LogP contribution in [0.2, 0.25) is 0 Å². The Morgan fingerprint density at radius 3 is 2.40 bits per heavy atom. The number of hydrogen-bond acceptors (Lipinski definition) is 2. The maximum Gasteiger partial charge on any atom is 0.190 e. The molecule has 4 nitrogen and oxygen atoms in total. The van der Waals surface area contributed by atoms with Crippen molar-refractivity contribution in [1.29, 1.82) is 0 Å². The lowest BCUT2D eigenvalue weighted by Crippen LogP contribution is -2.38. The van der Waals surface area contributed by atoms with Gasteiger partial charge in [-0.2, -0.15) is 0 Å². The third kappa shape index (κ3) is 6.97. The molecule has 1 aromatic carbocycles. The molecule has 0 atom stereocenters. The first-order valence-corrected chi connectivity index (χ1v) is 7.09. The number of guanidine groups is 1. The number of rotatable bonds is 8. The summed E-state index contributed by atoms with van der Waals surface area (Å²) in [6.45, 7) is 4.46. The average molecular weight is 281 g/mol. The summed E-state index contributed by atoms with van der Waals surface area (Å²) in [4.78, 5) is 4.14. The fourth-order valence-electron chi connectivity index (χ4n) is 1.60. The van der Waals surface area contributed by atoms with Gasteiger partial charge < -0.3 is 15.4 Å². The fraction of sp³-hybridized carbons (Fsp3) is 0.533. The molecule has 0 fully saturated rings. The lowest BCUT2D eigenvalue weighted by atomic mass is 10.3. The van der Waals surface area contributed by atoms with Crippen LogP contribution in [-0.4, -0.2) is 32.7 Å². The lowest BCUT2D eigenvalue weighted by Gasteiger charge is -2.11. The molecule has 1 aromatic rings. The number of halogens is 1. The van der Waals surface area contributed by atoms with E-state index in [9.17, 15) is 4.39 Å². The zero-order valence-corrected chi connectivity index (χ0v) is 12.3. The number of hydrogen-bond donors (Lipinski definition) is 2. The molecule has 0 aromatic heterocycles. The first-order valence-electron chi connectivity index (χ1n) is 7.09. The topological polar surface area (TPSA) is 45.7 Å².